The molecule has 0 bridgehead atoms. The van der Waals surface area contributed by atoms with Crippen molar-refractivity contribution in [2.45, 2.75) is 134 Å². The zero-order chi connectivity index (χ0) is 36.5. The summed E-state index contributed by atoms with van der Waals surface area (Å²) in [6.45, 7) is 4.48. The lowest BCUT2D eigenvalue weighted by atomic mass is 10.0. The van der Waals surface area contributed by atoms with Crippen LogP contribution in [0.25, 0.3) is 0 Å². The average molecular weight is 696 g/mol. The molecule has 49 heavy (non-hydrogen) atoms. The predicted molar refractivity (Wildman–Crippen MR) is 182 cm³/mol. The number of likely N-dealkylation sites (tertiary alicyclic amines) is 2. The fourth-order valence-corrected chi connectivity index (χ4v) is 6.21. The van der Waals surface area contributed by atoms with Crippen molar-refractivity contribution in [2.24, 2.45) is 22.2 Å². The van der Waals surface area contributed by atoms with Gasteiger partial charge in [0.1, 0.15) is 30.2 Å². The summed E-state index contributed by atoms with van der Waals surface area (Å²) in [5.74, 6) is -3.93. The highest BCUT2D eigenvalue weighted by molar-refractivity contribution is 5.96. The van der Waals surface area contributed by atoms with Crippen LogP contribution in [-0.2, 0) is 28.8 Å². The second-order valence-electron chi connectivity index (χ2n) is 12.8. The van der Waals surface area contributed by atoms with E-state index in [0.717, 1.165) is 12.8 Å². The lowest BCUT2D eigenvalue weighted by Gasteiger charge is -2.33. The molecule has 0 aliphatic carbocycles. The minimum Gasteiger partial charge on any atom is -0.480 e. The number of aliphatic carboxylic acids is 1. The van der Waals surface area contributed by atoms with E-state index in [1.165, 1.54) is 16.7 Å². The Morgan fingerprint density at radius 1 is 0.857 bits per heavy atom. The number of carboxylic acids is 1. The number of hydrogen-bond donors (Lipinski definition) is 8. The van der Waals surface area contributed by atoms with Gasteiger partial charge in [-0.2, -0.15) is 0 Å². The maximum Gasteiger partial charge on any atom is 0.326 e. The van der Waals surface area contributed by atoms with Gasteiger partial charge in [-0.25, -0.2) is 4.79 Å². The third kappa shape index (κ3) is 13.1. The SMILES string of the molecule is CCCCCC(=O)N[C@H](C(=O)N[C@@H](CCCCN)C(=O)N1CCC[C@H]1C(=O)N1CCC[C@H]1C(=O)N[C@@H](CCCN=C(N)N)C(=O)O)[C@@H](C)O. The first-order valence-electron chi connectivity index (χ1n) is 17.5. The summed E-state index contributed by atoms with van der Waals surface area (Å²) >= 11 is 0. The molecular weight excluding hydrogens is 638 g/mol. The Hall–Kier alpha value is -3.99. The molecule has 0 radical (unpaired) electrons. The van der Waals surface area contributed by atoms with Crippen molar-refractivity contribution >= 4 is 41.5 Å². The number of hydrogen-bond acceptors (Lipinski definition) is 9. The molecule has 2 saturated heterocycles. The Bertz CT molecular complexity index is 1160. The number of rotatable bonds is 21. The molecule has 2 aliphatic heterocycles. The monoisotopic (exact) mass is 695 g/mol. The molecule has 0 unspecified atom stereocenters. The van der Waals surface area contributed by atoms with E-state index in [2.05, 4.69) is 20.9 Å². The number of aliphatic hydroxyl groups is 1. The molecule has 2 aliphatic rings. The normalized spacial score (nSPS) is 19.8. The smallest absolute Gasteiger partial charge is 0.326 e. The number of nitrogens with zero attached hydrogens (tertiary/aromatic N) is 3. The molecule has 5 amide bonds. The molecule has 0 aromatic carbocycles. The van der Waals surface area contributed by atoms with Crippen LogP contribution >= 0.6 is 0 Å². The molecule has 0 aromatic rings. The molecule has 2 heterocycles. The Morgan fingerprint density at radius 3 is 2.12 bits per heavy atom. The summed E-state index contributed by atoms with van der Waals surface area (Å²) in [7, 11) is 0. The maximum absolute atomic E-state index is 14.0. The van der Waals surface area contributed by atoms with E-state index in [-0.39, 0.29) is 50.8 Å². The highest BCUT2D eigenvalue weighted by Gasteiger charge is 2.44. The van der Waals surface area contributed by atoms with Crippen LogP contribution in [0.4, 0.5) is 0 Å². The van der Waals surface area contributed by atoms with Gasteiger partial charge < -0.3 is 53.2 Å². The maximum atomic E-state index is 14.0. The number of guanidine groups is 1. The summed E-state index contributed by atoms with van der Waals surface area (Å²) in [6.07, 6.45) is 4.83. The molecule has 17 heteroatoms. The fraction of sp³-hybridized carbons (Fsp3) is 0.781. The largest absolute Gasteiger partial charge is 0.480 e. The number of nitrogens with one attached hydrogen (secondary N) is 3. The molecule has 0 spiro atoms. The molecule has 0 aromatic heterocycles. The third-order valence-electron chi connectivity index (χ3n) is 8.87. The zero-order valence-corrected chi connectivity index (χ0v) is 28.9. The van der Waals surface area contributed by atoms with Crippen molar-refractivity contribution in [1.82, 2.24) is 25.8 Å². The van der Waals surface area contributed by atoms with Crippen LogP contribution in [0, 0.1) is 0 Å². The number of carbonyl (C=O) groups is 6. The first-order valence-corrected chi connectivity index (χ1v) is 17.5. The van der Waals surface area contributed by atoms with Crippen molar-refractivity contribution in [3.05, 3.63) is 0 Å². The average Bonchev–Trinajstić information content (AvgIpc) is 3.74. The summed E-state index contributed by atoms with van der Waals surface area (Å²) in [5, 5.41) is 27.8. The summed E-state index contributed by atoms with van der Waals surface area (Å²) in [4.78, 5) is 85.5. The van der Waals surface area contributed by atoms with Gasteiger partial charge >= 0.3 is 5.97 Å². The Labute approximate surface area is 288 Å². The van der Waals surface area contributed by atoms with Crippen molar-refractivity contribution in [1.29, 1.82) is 0 Å². The number of carboxylic acid groups (broad SMARTS) is 1. The highest BCUT2D eigenvalue weighted by atomic mass is 16.4. The van der Waals surface area contributed by atoms with Gasteiger partial charge in [0.05, 0.1) is 6.10 Å². The standard InChI is InChI=1S/C32H57N9O8/c1-3-4-5-15-25(43)39-26(20(2)42)28(45)37-21(11-6-7-16-33)29(46)41-19-10-14-24(41)30(47)40-18-9-13-23(40)27(44)38-22(31(48)49)12-8-17-36-32(34)35/h20-24,26,42H,3-19,33H2,1-2H3,(H,37,45)(H,38,44)(H,39,43)(H,48,49)(H4,34,35,36)/t20-,21+,22+,23+,24+,26+/m1/s1. The lowest BCUT2D eigenvalue weighted by Crippen LogP contribution is -2.59. The molecule has 6 atom stereocenters. The van der Waals surface area contributed by atoms with Crippen LogP contribution in [0.5, 0.6) is 0 Å². The van der Waals surface area contributed by atoms with E-state index in [4.69, 9.17) is 17.2 Å². The van der Waals surface area contributed by atoms with Gasteiger partial charge in [0, 0.05) is 26.1 Å². The van der Waals surface area contributed by atoms with E-state index in [9.17, 15) is 39.0 Å². The second kappa shape index (κ2) is 21.2. The topological polar surface area (TPSA) is 276 Å². The van der Waals surface area contributed by atoms with Crippen molar-refractivity contribution in [2.75, 3.05) is 26.2 Å². The van der Waals surface area contributed by atoms with E-state index < -0.39 is 65.9 Å². The molecular formula is C32H57N9O8. The Kier molecular flexibility index (Phi) is 17.8. The van der Waals surface area contributed by atoms with Gasteiger partial charge in [-0.1, -0.05) is 19.8 Å². The predicted octanol–water partition coefficient (Wildman–Crippen LogP) is -1.35. The molecule has 2 rings (SSSR count). The van der Waals surface area contributed by atoms with Gasteiger partial charge in [-0.05, 0) is 77.7 Å². The van der Waals surface area contributed by atoms with Crippen LogP contribution in [0.2, 0.25) is 0 Å². The number of nitrogens with two attached hydrogens (primary N) is 3. The van der Waals surface area contributed by atoms with E-state index in [0.29, 0.717) is 57.9 Å². The first kappa shape index (κ1) is 41.2. The molecule has 0 saturated carbocycles. The van der Waals surface area contributed by atoms with Crippen molar-refractivity contribution in [3.63, 3.8) is 0 Å². The number of aliphatic hydroxyl groups excluding tert-OH is 1. The van der Waals surface area contributed by atoms with Crippen molar-refractivity contribution < 1.29 is 39.0 Å². The van der Waals surface area contributed by atoms with E-state index in [1.54, 1.807) is 0 Å². The fourth-order valence-electron chi connectivity index (χ4n) is 6.21. The van der Waals surface area contributed by atoms with Gasteiger partial charge in [0.25, 0.3) is 0 Å². The first-order chi connectivity index (χ1) is 23.3. The molecule has 2 fully saturated rings. The number of aliphatic imine (C=N–C) groups is 1. The second-order valence-corrected chi connectivity index (χ2v) is 12.8. The van der Waals surface area contributed by atoms with E-state index in [1.807, 2.05) is 6.92 Å². The van der Waals surface area contributed by atoms with Crippen LogP contribution in [0.3, 0.4) is 0 Å². The Morgan fingerprint density at radius 2 is 1.51 bits per heavy atom. The molecule has 11 N–H and O–H groups in total. The lowest BCUT2D eigenvalue weighted by molar-refractivity contribution is -0.149. The number of unbranched alkanes of at least 4 members (excludes halogenated alkanes) is 3. The van der Waals surface area contributed by atoms with Gasteiger partial charge in [0.15, 0.2) is 5.96 Å². The Balaban J connectivity index is 2.16. The van der Waals surface area contributed by atoms with Crippen LogP contribution < -0.4 is 33.2 Å². The summed E-state index contributed by atoms with van der Waals surface area (Å²) in [6, 6.07) is -5.31. The zero-order valence-electron chi connectivity index (χ0n) is 28.9. The quantitative estimate of drug-likeness (QED) is 0.0395. The summed E-state index contributed by atoms with van der Waals surface area (Å²) in [5.41, 5.74) is 16.3. The van der Waals surface area contributed by atoms with Gasteiger partial charge in [0.2, 0.25) is 29.5 Å². The van der Waals surface area contributed by atoms with Crippen LogP contribution in [0.15, 0.2) is 4.99 Å². The van der Waals surface area contributed by atoms with Crippen LogP contribution in [-0.4, -0.2) is 124 Å². The van der Waals surface area contributed by atoms with E-state index >= 15 is 0 Å². The molecule has 278 valence electrons. The minimum atomic E-state index is -1.28. The van der Waals surface area contributed by atoms with Crippen LogP contribution in [0.1, 0.15) is 97.3 Å². The third-order valence-corrected chi connectivity index (χ3v) is 8.87. The highest BCUT2D eigenvalue weighted by Crippen LogP contribution is 2.26. The molecule has 17 nitrogen and oxygen atoms in total. The number of carbonyl (C=O) groups excluding carboxylic acids is 5. The van der Waals surface area contributed by atoms with Gasteiger partial charge in [-0.3, -0.25) is 29.0 Å². The minimum absolute atomic E-state index is 0.0825. The number of amides is 5. The van der Waals surface area contributed by atoms with Crippen molar-refractivity contribution in [3.8, 4) is 0 Å². The summed E-state index contributed by atoms with van der Waals surface area (Å²) < 4.78 is 0. The van der Waals surface area contributed by atoms with Gasteiger partial charge in [-0.15, -0.1) is 0 Å².